The molecule has 4 rings (SSSR count). The van der Waals surface area contributed by atoms with Crippen molar-refractivity contribution in [1.29, 1.82) is 0 Å². The van der Waals surface area contributed by atoms with E-state index in [2.05, 4.69) is 40.7 Å². The van der Waals surface area contributed by atoms with E-state index in [-0.39, 0.29) is 12.2 Å². The molecule has 4 aliphatic rings. The quantitative estimate of drug-likeness (QED) is 0.525. The largest absolute Gasteiger partial charge is 0.393 e. The Labute approximate surface area is 179 Å². The molecule has 29 heavy (non-hydrogen) atoms. The van der Waals surface area contributed by atoms with Crippen LogP contribution in [0.1, 0.15) is 98.8 Å². The maximum absolute atomic E-state index is 10.3. The molecule has 2 N–H and O–H groups in total. The zero-order chi connectivity index (χ0) is 21.0. The molecule has 0 heterocycles. The molecular formula is C27H46O2. The van der Waals surface area contributed by atoms with Crippen LogP contribution < -0.4 is 0 Å². The lowest BCUT2D eigenvalue weighted by Gasteiger charge is -2.58. The molecule has 0 radical (unpaired) electrons. The fraction of sp³-hybridized carbons (Fsp3) is 0.926. The summed E-state index contributed by atoms with van der Waals surface area (Å²) >= 11 is 0. The molecule has 0 aliphatic heterocycles. The van der Waals surface area contributed by atoms with Gasteiger partial charge in [0.1, 0.15) is 0 Å². The predicted octanol–water partition coefficient (Wildman–Crippen LogP) is 6.36. The Morgan fingerprint density at radius 2 is 1.76 bits per heavy atom. The van der Waals surface area contributed by atoms with Crippen LogP contribution in [0.4, 0.5) is 0 Å². The molecule has 0 aromatic carbocycles. The Kier molecular flexibility index (Phi) is 6.01. The first-order chi connectivity index (χ1) is 13.7. The first kappa shape index (κ1) is 21.9. The Balaban J connectivity index is 1.49. The van der Waals surface area contributed by atoms with E-state index >= 15 is 0 Å². The summed E-state index contributed by atoms with van der Waals surface area (Å²) in [5, 5.41) is 20.5. The fourth-order valence-corrected chi connectivity index (χ4v) is 8.59. The highest BCUT2D eigenvalue weighted by Crippen LogP contribution is 2.67. The van der Waals surface area contributed by atoms with Gasteiger partial charge in [-0.1, -0.05) is 46.3 Å². The highest BCUT2D eigenvalue weighted by molar-refractivity contribution is 5.25. The van der Waals surface area contributed by atoms with Gasteiger partial charge in [-0.05, 0) is 111 Å². The maximum Gasteiger partial charge on any atom is 0.0577 e. The second-order valence-corrected chi connectivity index (χ2v) is 12.3. The fourth-order valence-electron chi connectivity index (χ4n) is 8.59. The van der Waals surface area contributed by atoms with Crippen LogP contribution in [0.2, 0.25) is 0 Å². The van der Waals surface area contributed by atoms with E-state index in [1.54, 1.807) is 5.57 Å². The molecule has 0 aromatic heterocycles. The van der Waals surface area contributed by atoms with Crippen molar-refractivity contribution in [3.05, 3.63) is 11.6 Å². The SMILES string of the molecule is CC(C)[C@@H](O)CC[C@@H](C)[C@H]1CC[C@H]2C3CC=C4CC(O)CC[C@]4(C)[C@H]3CCC12C. The summed E-state index contributed by atoms with van der Waals surface area (Å²) in [4.78, 5) is 0. The number of fused-ring (bicyclic) bond motifs is 5. The second-order valence-electron chi connectivity index (χ2n) is 12.3. The normalized spacial score (nSPS) is 46.5. The molecule has 3 fully saturated rings. The lowest BCUT2D eigenvalue weighted by molar-refractivity contribution is -0.0579. The average Bonchev–Trinajstić information content (AvgIpc) is 3.03. The molecule has 0 spiro atoms. The average molecular weight is 403 g/mol. The summed E-state index contributed by atoms with van der Waals surface area (Å²) in [5.74, 6) is 4.51. The standard InChI is InChI=1S/C27H46O2/c1-17(2)25(29)11-6-18(3)22-9-10-23-21-8-7-19-16-20(28)12-14-26(19,4)24(21)13-15-27(22,23)5/h7,17-18,20-25,28-29H,6,8-16H2,1-5H3/t18-,20?,21?,22-,23+,24+,25+,26+,27?/m1/s1. The van der Waals surface area contributed by atoms with Crippen molar-refractivity contribution < 1.29 is 10.2 Å². The van der Waals surface area contributed by atoms with E-state index in [9.17, 15) is 10.2 Å². The van der Waals surface area contributed by atoms with Gasteiger partial charge in [0.15, 0.2) is 0 Å². The minimum atomic E-state index is -0.137. The van der Waals surface area contributed by atoms with E-state index in [1.165, 1.54) is 44.9 Å². The van der Waals surface area contributed by atoms with Crippen molar-refractivity contribution in [3.8, 4) is 0 Å². The third-order valence-corrected chi connectivity index (χ3v) is 10.5. The molecule has 3 unspecified atom stereocenters. The summed E-state index contributed by atoms with van der Waals surface area (Å²) in [7, 11) is 0. The number of hydrogen-bond donors (Lipinski definition) is 2. The van der Waals surface area contributed by atoms with E-state index in [0.717, 1.165) is 48.9 Å². The molecule has 2 nitrogen and oxygen atoms in total. The molecule has 9 atom stereocenters. The van der Waals surface area contributed by atoms with Crippen molar-refractivity contribution in [2.75, 3.05) is 0 Å². The van der Waals surface area contributed by atoms with Gasteiger partial charge in [0.25, 0.3) is 0 Å². The number of aliphatic hydroxyl groups excluding tert-OH is 2. The van der Waals surface area contributed by atoms with Gasteiger partial charge in [-0.2, -0.15) is 0 Å². The van der Waals surface area contributed by atoms with Gasteiger partial charge in [0.05, 0.1) is 12.2 Å². The summed E-state index contributed by atoms with van der Waals surface area (Å²) in [6.07, 6.45) is 14.4. The minimum Gasteiger partial charge on any atom is -0.393 e. The van der Waals surface area contributed by atoms with Crippen LogP contribution in [-0.4, -0.2) is 22.4 Å². The molecule has 0 saturated heterocycles. The zero-order valence-electron chi connectivity index (χ0n) is 19.7. The lowest BCUT2D eigenvalue weighted by atomic mass is 9.47. The van der Waals surface area contributed by atoms with Gasteiger partial charge in [0.2, 0.25) is 0 Å². The third-order valence-electron chi connectivity index (χ3n) is 10.5. The first-order valence-electron chi connectivity index (χ1n) is 12.7. The van der Waals surface area contributed by atoms with Crippen LogP contribution in [0.15, 0.2) is 11.6 Å². The van der Waals surface area contributed by atoms with E-state index in [0.29, 0.717) is 16.7 Å². The number of allylic oxidation sites excluding steroid dienone is 1. The summed E-state index contributed by atoms with van der Waals surface area (Å²) in [6.45, 7) is 11.9. The molecule has 3 saturated carbocycles. The van der Waals surface area contributed by atoms with E-state index in [4.69, 9.17) is 0 Å². The summed E-state index contributed by atoms with van der Waals surface area (Å²) in [5.41, 5.74) is 2.44. The van der Waals surface area contributed by atoms with Gasteiger partial charge in [-0.3, -0.25) is 0 Å². The van der Waals surface area contributed by atoms with Gasteiger partial charge in [-0.15, -0.1) is 0 Å². The van der Waals surface area contributed by atoms with Crippen LogP contribution in [0.5, 0.6) is 0 Å². The van der Waals surface area contributed by atoms with Gasteiger partial charge in [-0.25, -0.2) is 0 Å². The Bertz CT molecular complexity index is 624. The minimum absolute atomic E-state index is 0.0994. The molecule has 2 heteroatoms. The van der Waals surface area contributed by atoms with Crippen molar-refractivity contribution >= 4 is 0 Å². The van der Waals surface area contributed by atoms with Crippen LogP contribution in [0.25, 0.3) is 0 Å². The molecule has 4 aliphatic carbocycles. The van der Waals surface area contributed by atoms with Crippen LogP contribution in [0.3, 0.4) is 0 Å². The molecular weight excluding hydrogens is 356 g/mol. The summed E-state index contributed by atoms with van der Waals surface area (Å²) < 4.78 is 0. The molecule has 166 valence electrons. The monoisotopic (exact) mass is 402 g/mol. The molecule has 0 aromatic rings. The van der Waals surface area contributed by atoms with Crippen LogP contribution in [0, 0.1) is 46.3 Å². The lowest BCUT2D eigenvalue weighted by Crippen LogP contribution is -2.50. The van der Waals surface area contributed by atoms with Gasteiger partial charge >= 0.3 is 0 Å². The number of hydrogen-bond acceptors (Lipinski definition) is 2. The van der Waals surface area contributed by atoms with Crippen molar-refractivity contribution in [1.82, 2.24) is 0 Å². The molecule has 0 amide bonds. The first-order valence-corrected chi connectivity index (χ1v) is 12.7. The van der Waals surface area contributed by atoms with Crippen LogP contribution in [-0.2, 0) is 0 Å². The Hall–Kier alpha value is -0.340. The van der Waals surface area contributed by atoms with Gasteiger partial charge < -0.3 is 10.2 Å². The highest BCUT2D eigenvalue weighted by atomic mass is 16.3. The van der Waals surface area contributed by atoms with E-state index < -0.39 is 0 Å². The number of aliphatic hydroxyl groups is 2. The van der Waals surface area contributed by atoms with Crippen molar-refractivity contribution in [2.24, 2.45) is 46.3 Å². The zero-order valence-corrected chi connectivity index (χ0v) is 19.7. The number of rotatable bonds is 5. The highest BCUT2D eigenvalue weighted by Gasteiger charge is 2.59. The topological polar surface area (TPSA) is 40.5 Å². The maximum atomic E-state index is 10.3. The smallest absolute Gasteiger partial charge is 0.0577 e. The summed E-state index contributed by atoms with van der Waals surface area (Å²) in [6, 6.07) is 0. The van der Waals surface area contributed by atoms with E-state index in [1.807, 2.05) is 0 Å². The van der Waals surface area contributed by atoms with Gasteiger partial charge in [0, 0.05) is 0 Å². The Morgan fingerprint density at radius 3 is 2.48 bits per heavy atom. The molecule has 0 bridgehead atoms. The Morgan fingerprint density at radius 1 is 1.00 bits per heavy atom. The second kappa shape index (κ2) is 7.97. The third kappa shape index (κ3) is 3.65. The van der Waals surface area contributed by atoms with Crippen molar-refractivity contribution in [3.63, 3.8) is 0 Å². The van der Waals surface area contributed by atoms with Crippen molar-refractivity contribution in [2.45, 2.75) is 111 Å². The van der Waals surface area contributed by atoms with Crippen LogP contribution >= 0.6 is 0 Å². The predicted molar refractivity (Wildman–Crippen MR) is 120 cm³/mol.